The lowest BCUT2D eigenvalue weighted by atomic mass is 9.90. The molecule has 1 aliphatic heterocycles. The Morgan fingerprint density at radius 3 is 1.95 bits per heavy atom. The third kappa shape index (κ3) is 21.4. The number of carbonyl (C=O) groups excluding carboxylic acids is 5. The van der Waals surface area contributed by atoms with Gasteiger partial charge in [-0.3, -0.25) is 33.1 Å². The molecule has 404 valence electrons. The Morgan fingerprint density at radius 2 is 1.31 bits per heavy atom. The molecule has 74 heavy (non-hydrogen) atoms. The molecule has 0 spiro atoms. The first-order valence-corrected chi connectivity index (χ1v) is 28.1. The summed E-state index contributed by atoms with van der Waals surface area (Å²) in [5.41, 5.74) is 1.07. The third-order valence-electron chi connectivity index (χ3n) is 12.1. The van der Waals surface area contributed by atoms with Gasteiger partial charge in [-0.2, -0.15) is 8.42 Å². The molecule has 0 saturated carbocycles. The second-order valence-electron chi connectivity index (χ2n) is 19.7. The van der Waals surface area contributed by atoms with Crippen LogP contribution in [-0.4, -0.2) is 144 Å². The van der Waals surface area contributed by atoms with E-state index in [0.717, 1.165) is 18.6 Å². The van der Waals surface area contributed by atoms with Crippen LogP contribution in [0.1, 0.15) is 82.7 Å². The average Bonchev–Trinajstić information content (AvgIpc) is 3.84. The van der Waals surface area contributed by atoms with Gasteiger partial charge in [-0.05, 0) is 67.6 Å². The van der Waals surface area contributed by atoms with E-state index < -0.39 is 75.8 Å². The molecule has 2 heterocycles. The van der Waals surface area contributed by atoms with Crippen molar-refractivity contribution < 1.29 is 51.2 Å². The number of ether oxygens (including phenoxy) is 2. The first-order valence-electron chi connectivity index (χ1n) is 25.3. The lowest BCUT2D eigenvalue weighted by Crippen LogP contribution is -2.60. The summed E-state index contributed by atoms with van der Waals surface area (Å²) in [5, 5.41) is 31.0. The molecule has 19 nitrogen and oxygen atoms in total. The highest BCUT2D eigenvalue weighted by molar-refractivity contribution is 7.86. The molecule has 1 aromatic heterocycles. The van der Waals surface area contributed by atoms with Gasteiger partial charge in [0, 0.05) is 41.0 Å². The van der Waals surface area contributed by atoms with E-state index in [1.165, 1.54) is 5.56 Å². The molecule has 1 aliphatic rings. The summed E-state index contributed by atoms with van der Waals surface area (Å²) in [7, 11) is -3.87. The molecule has 5 rings (SSSR count). The van der Waals surface area contributed by atoms with Crippen molar-refractivity contribution in [3.05, 3.63) is 120 Å². The molecule has 1 saturated heterocycles. The van der Waals surface area contributed by atoms with Crippen LogP contribution >= 0.6 is 8.73 Å². The molecule has 21 heteroatoms. The van der Waals surface area contributed by atoms with Crippen molar-refractivity contribution in [2.75, 3.05) is 51.8 Å². The van der Waals surface area contributed by atoms with Gasteiger partial charge in [0.15, 0.2) is 5.78 Å². The predicted molar refractivity (Wildman–Crippen MR) is 282 cm³/mol. The Balaban J connectivity index is 1.20. The predicted octanol–water partition coefficient (Wildman–Crippen LogP) is 3.73. The summed E-state index contributed by atoms with van der Waals surface area (Å²) < 4.78 is 43.9. The number of ketones is 1. The lowest BCUT2D eigenvalue weighted by molar-refractivity contribution is -0.143. The summed E-state index contributed by atoms with van der Waals surface area (Å²) in [6.45, 7) is 10.1. The normalized spacial score (nSPS) is 15.8. The second-order valence-corrected chi connectivity index (χ2v) is 22.6. The van der Waals surface area contributed by atoms with E-state index >= 15 is 0 Å². The first-order chi connectivity index (χ1) is 35.4. The number of aromatic nitrogens is 3. The van der Waals surface area contributed by atoms with Crippen LogP contribution in [0.3, 0.4) is 0 Å². The van der Waals surface area contributed by atoms with Gasteiger partial charge in [0.05, 0.1) is 44.4 Å². The van der Waals surface area contributed by atoms with E-state index in [0.29, 0.717) is 52.7 Å². The molecule has 1 fully saturated rings. The van der Waals surface area contributed by atoms with Crippen molar-refractivity contribution >= 4 is 48.3 Å². The zero-order chi connectivity index (χ0) is 53.5. The number of carbonyl (C=O) groups is 5. The molecule has 0 aliphatic carbocycles. The van der Waals surface area contributed by atoms with E-state index in [-0.39, 0.29) is 69.6 Å². The van der Waals surface area contributed by atoms with Crippen LogP contribution in [-0.2, 0) is 73.4 Å². The molecule has 5 N–H and O–H groups in total. The largest absolute Gasteiger partial charge is 0.380 e. The van der Waals surface area contributed by atoms with Crippen molar-refractivity contribution in [3.8, 4) is 0 Å². The highest BCUT2D eigenvalue weighted by Crippen LogP contribution is 2.21. The Bertz CT molecular complexity index is 2480. The lowest BCUT2D eigenvalue weighted by Gasteiger charge is -2.30. The molecule has 4 amide bonds. The number of aliphatic hydroxyl groups is 1. The van der Waals surface area contributed by atoms with Gasteiger partial charge in [-0.25, -0.2) is 4.45 Å². The van der Waals surface area contributed by atoms with Crippen molar-refractivity contribution in [2.45, 2.75) is 116 Å². The molecule has 0 radical (unpaired) electrons. The minimum atomic E-state index is -4.23. The molecule has 0 bridgehead atoms. The minimum absolute atomic E-state index is 0.00266. The SMILES string of the molecule is CC(C)C[C@H](NC(=O)[C@H](CCc1ccccc1)NC(=O)CN1CCOCC1)C(=O)N[C@@H](Cc1ccccc1)C(=O)N[C@@H](CC(C)C)C(=O)C(C)(O)COS(=O)(=O)CCCOCc1cn(PCc2ccccc2)nn1. The van der Waals surface area contributed by atoms with Crippen LogP contribution in [0.25, 0.3) is 0 Å². The van der Waals surface area contributed by atoms with E-state index in [1.54, 1.807) is 41.0 Å². The fourth-order valence-electron chi connectivity index (χ4n) is 8.14. The van der Waals surface area contributed by atoms with Crippen LogP contribution in [0.2, 0.25) is 0 Å². The van der Waals surface area contributed by atoms with Crippen LogP contribution in [0.15, 0.2) is 97.2 Å². The van der Waals surface area contributed by atoms with Crippen LogP contribution in [0.5, 0.6) is 0 Å². The summed E-state index contributed by atoms with van der Waals surface area (Å²) >= 11 is 0. The number of Topliss-reactive ketones (excluding diaryl/α,β-unsaturated/α-hetero) is 1. The molecule has 3 aromatic carbocycles. The fourth-order valence-corrected chi connectivity index (χ4v) is 10.1. The Morgan fingerprint density at radius 1 is 0.757 bits per heavy atom. The topological polar surface area (TPSA) is 249 Å². The van der Waals surface area contributed by atoms with E-state index in [1.807, 2.05) is 93.3 Å². The monoisotopic (exact) mass is 1060 g/mol. The van der Waals surface area contributed by atoms with Crippen LogP contribution in [0.4, 0.5) is 0 Å². The summed E-state index contributed by atoms with van der Waals surface area (Å²) in [5.74, 6) is -3.91. The molecule has 6 atom stereocenters. The maximum Gasteiger partial charge on any atom is 0.267 e. The quantitative estimate of drug-likeness (QED) is 0.0266. The van der Waals surface area contributed by atoms with E-state index in [4.69, 9.17) is 13.7 Å². The number of nitrogens with zero attached hydrogens (tertiary/aromatic N) is 4. The van der Waals surface area contributed by atoms with Crippen LogP contribution < -0.4 is 21.3 Å². The Hall–Kier alpha value is -5.47. The average molecular weight is 1060 g/mol. The number of rotatable bonds is 32. The van der Waals surface area contributed by atoms with Gasteiger partial charge in [-0.1, -0.05) is 124 Å². The number of hydrogen-bond acceptors (Lipinski definition) is 14. The van der Waals surface area contributed by atoms with Gasteiger partial charge in [0.25, 0.3) is 10.1 Å². The highest BCUT2D eigenvalue weighted by Gasteiger charge is 2.40. The summed E-state index contributed by atoms with van der Waals surface area (Å²) in [6.07, 6.45) is 3.63. The third-order valence-corrected chi connectivity index (χ3v) is 14.5. The maximum absolute atomic E-state index is 14.4. The minimum Gasteiger partial charge on any atom is -0.380 e. The van der Waals surface area contributed by atoms with Crippen molar-refractivity contribution in [3.63, 3.8) is 0 Å². The number of benzene rings is 3. The molecular formula is C53H75N8O11PS. The van der Waals surface area contributed by atoms with Gasteiger partial charge in [0.2, 0.25) is 23.6 Å². The summed E-state index contributed by atoms with van der Waals surface area (Å²) in [4.78, 5) is 72.3. The number of nitrogens with one attached hydrogen (secondary N) is 4. The smallest absolute Gasteiger partial charge is 0.267 e. The van der Waals surface area contributed by atoms with Gasteiger partial charge < -0.3 is 35.8 Å². The Kier molecular flexibility index (Phi) is 24.2. The first kappa shape index (κ1) is 59.4. The molecule has 4 aromatic rings. The van der Waals surface area contributed by atoms with E-state index in [9.17, 15) is 37.5 Å². The van der Waals surface area contributed by atoms with Crippen molar-refractivity contribution in [1.29, 1.82) is 0 Å². The molecule has 2 unspecified atom stereocenters. The fraction of sp³-hybridized carbons (Fsp3) is 0.528. The van der Waals surface area contributed by atoms with Gasteiger partial charge >= 0.3 is 0 Å². The second kappa shape index (κ2) is 30.2. The van der Waals surface area contributed by atoms with Gasteiger partial charge in [-0.15, -0.1) is 5.10 Å². The highest BCUT2D eigenvalue weighted by atomic mass is 32.2. The number of morpholine rings is 1. The van der Waals surface area contributed by atoms with E-state index in [2.05, 4.69) is 31.6 Å². The standard InChI is InChI=1S/C53H75N8O11PS/c1-38(2)30-45(49(63)53(5,67)37-72-74(68,69)29-15-26-71-35-43-33-61(59-58-43)73-36-42-20-13-8-14-21-42)55-52(66)47(32-41-18-11-7-12-19-41)57-51(65)46(31-39(3)4)56-50(64)44(23-22-40-16-9-6-10-17-40)54-48(62)34-60-24-27-70-28-25-60/h6-14,16-21,33,38-39,44-47,67,73H,15,22-32,34-37H2,1-5H3,(H,54,62)(H,55,66)(H,56,64)(H,57,65)/t44-,45-,46-,47-,53?/m0/s1. The Labute approximate surface area is 437 Å². The molecular weight excluding hydrogens is 988 g/mol. The zero-order valence-electron chi connectivity index (χ0n) is 43.2. The number of aryl methyl sites for hydroxylation is 1. The van der Waals surface area contributed by atoms with Crippen LogP contribution in [0, 0.1) is 11.8 Å². The van der Waals surface area contributed by atoms with Gasteiger partial charge in [0.1, 0.15) is 36.0 Å². The number of amides is 4. The number of hydrogen-bond donors (Lipinski definition) is 5. The van der Waals surface area contributed by atoms with Crippen molar-refractivity contribution in [2.24, 2.45) is 11.8 Å². The van der Waals surface area contributed by atoms with Crippen molar-refractivity contribution in [1.82, 2.24) is 40.9 Å². The summed E-state index contributed by atoms with van der Waals surface area (Å²) in [6, 6.07) is 23.8. The maximum atomic E-state index is 14.4. The zero-order valence-corrected chi connectivity index (χ0v) is 45.1.